The zero-order valence-corrected chi connectivity index (χ0v) is 26.3. The summed E-state index contributed by atoms with van der Waals surface area (Å²) >= 11 is 4.46. The van der Waals surface area contributed by atoms with Gasteiger partial charge >= 0.3 is 5.97 Å². The van der Waals surface area contributed by atoms with E-state index in [1.807, 2.05) is 50.2 Å². The Morgan fingerprint density at radius 2 is 1.76 bits per heavy atom. The third kappa shape index (κ3) is 7.43. The van der Waals surface area contributed by atoms with E-state index in [9.17, 15) is 9.59 Å². The lowest BCUT2D eigenvalue weighted by molar-refractivity contribution is 0.0506. The van der Waals surface area contributed by atoms with Gasteiger partial charge in [0.2, 0.25) is 0 Å². The highest BCUT2D eigenvalue weighted by molar-refractivity contribution is 7.80. The molecule has 1 atom stereocenters. The molecule has 0 saturated carbocycles. The van der Waals surface area contributed by atoms with Gasteiger partial charge in [-0.15, -0.1) is 0 Å². The number of benzene rings is 3. The van der Waals surface area contributed by atoms with E-state index in [4.69, 9.17) is 9.72 Å². The molecule has 0 unspecified atom stereocenters. The van der Waals surface area contributed by atoms with Crippen LogP contribution in [0.3, 0.4) is 0 Å². The van der Waals surface area contributed by atoms with Gasteiger partial charge in [0, 0.05) is 30.3 Å². The lowest BCUT2D eigenvalue weighted by atomic mass is 9.98. The van der Waals surface area contributed by atoms with Crippen LogP contribution >= 0.6 is 12.6 Å². The number of aryl methyl sites for hydroxylation is 2. The first-order valence-corrected chi connectivity index (χ1v) is 15.7. The van der Waals surface area contributed by atoms with Crippen LogP contribution in [0.5, 0.6) is 0 Å². The van der Waals surface area contributed by atoms with E-state index in [0.717, 1.165) is 64.8 Å². The van der Waals surface area contributed by atoms with E-state index < -0.39 is 0 Å². The molecule has 1 amide bonds. The number of imidazole rings is 1. The minimum Gasteiger partial charge on any atom is -0.462 e. The molecular weight excluding hydrogens is 542 g/mol. The zero-order valence-electron chi connectivity index (χ0n) is 25.4. The van der Waals surface area contributed by atoms with E-state index in [0.29, 0.717) is 35.9 Å². The standard InChI is InChI=1S/C35H43N3O3S/c1-6-10-32-37-33-24(5)19-27(34(39)36-28(22-42)18-23(3)4)20-31(33)38(32)21-25-13-15-26(16-14-25)29-11-8-9-12-30(29)35(40)41-17-7-2/h8-9,11-16,19-20,23,28,42H,6-7,10,17-18,21-22H2,1-5H3,(H,36,39)/t28-/m1/s1. The molecule has 222 valence electrons. The van der Waals surface area contributed by atoms with Crippen LogP contribution in [0.25, 0.3) is 22.2 Å². The van der Waals surface area contributed by atoms with Crippen LogP contribution in [0.2, 0.25) is 0 Å². The molecule has 4 aromatic rings. The Morgan fingerprint density at radius 3 is 2.43 bits per heavy atom. The Labute approximate surface area is 255 Å². The Balaban J connectivity index is 1.65. The number of nitrogens with one attached hydrogen (secondary N) is 1. The van der Waals surface area contributed by atoms with Crippen molar-refractivity contribution in [1.29, 1.82) is 0 Å². The third-order valence-corrected chi connectivity index (χ3v) is 7.80. The third-order valence-electron chi connectivity index (χ3n) is 7.36. The summed E-state index contributed by atoms with van der Waals surface area (Å²) in [5.74, 6) is 1.70. The molecule has 0 fully saturated rings. The maximum Gasteiger partial charge on any atom is 0.338 e. The van der Waals surface area contributed by atoms with Gasteiger partial charge in [-0.25, -0.2) is 9.78 Å². The fourth-order valence-electron chi connectivity index (χ4n) is 5.34. The number of hydrogen-bond donors (Lipinski definition) is 2. The topological polar surface area (TPSA) is 73.2 Å². The van der Waals surface area contributed by atoms with Crippen molar-refractivity contribution in [3.63, 3.8) is 0 Å². The molecule has 3 aromatic carbocycles. The van der Waals surface area contributed by atoms with E-state index in [1.54, 1.807) is 0 Å². The van der Waals surface area contributed by atoms with Gasteiger partial charge in [-0.1, -0.05) is 70.2 Å². The summed E-state index contributed by atoms with van der Waals surface area (Å²) in [7, 11) is 0. The number of aromatic nitrogens is 2. The molecule has 0 radical (unpaired) electrons. The number of ether oxygens (including phenoxy) is 1. The summed E-state index contributed by atoms with van der Waals surface area (Å²) in [6.45, 7) is 11.5. The van der Waals surface area contributed by atoms with Gasteiger partial charge < -0.3 is 14.6 Å². The number of esters is 1. The highest BCUT2D eigenvalue weighted by Crippen LogP contribution is 2.27. The average Bonchev–Trinajstić information content (AvgIpc) is 3.33. The SMILES string of the molecule is CCCOC(=O)c1ccccc1-c1ccc(Cn2c(CCC)nc3c(C)cc(C(=O)N[C@@H](CS)CC(C)C)cc32)cc1. The Bertz CT molecular complexity index is 1520. The maximum atomic E-state index is 13.3. The van der Waals surface area contributed by atoms with E-state index in [1.165, 1.54) is 0 Å². The number of carbonyl (C=O) groups excluding carboxylic acids is 2. The van der Waals surface area contributed by atoms with Gasteiger partial charge in [-0.2, -0.15) is 12.6 Å². The molecule has 0 aliphatic carbocycles. The number of thiol groups is 1. The summed E-state index contributed by atoms with van der Waals surface area (Å²) in [5.41, 5.74) is 7.02. The van der Waals surface area contributed by atoms with E-state index in [-0.39, 0.29) is 17.9 Å². The first-order chi connectivity index (χ1) is 20.2. The second-order valence-electron chi connectivity index (χ2n) is 11.4. The summed E-state index contributed by atoms with van der Waals surface area (Å²) in [6, 6.07) is 19.8. The van der Waals surface area contributed by atoms with Crippen molar-refractivity contribution in [1.82, 2.24) is 14.9 Å². The van der Waals surface area contributed by atoms with Gasteiger partial charge in [-0.3, -0.25) is 4.79 Å². The molecule has 4 rings (SSSR count). The zero-order chi connectivity index (χ0) is 30.2. The summed E-state index contributed by atoms with van der Waals surface area (Å²) < 4.78 is 7.64. The van der Waals surface area contributed by atoms with Gasteiger partial charge in [0.15, 0.2) is 0 Å². The first-order valence-electron chi connectivity index (χ1n) is 15.0. The minimum absolute atomic E-state index is 0.0227. The molecule has 7 heteroatoms. The van der Waals surface area contributed by atoms with Crippen molar-refractivity contribution >= 4 is 35.5 Å². The van der Waals surface area contributed by atoms with Crippen LogP contribution in [0.4, 0.5) is 0 Å². The second-order valence-corrected chi connectivity index (χ2v) is 11.8. The van der Waals surface area contributed by atoms with Crippen LogP contribution < -0.4 is 5.32 Å². The maximum absolute atomic E-state index is 13.3. The molecule has 0 aliphatic rings. The fourth-order valence-corrected chi connectivity index (χ4v) is 5.58. The normalized spacial score (nSPS) is 12.1. The number of fused-ring (bicyclic) bond motifs is 1. The van der Waals surface area contributed by atoms with Crippen molar-refractivity contribution in [3.05, 3.63) is 88.7 Å². The van der Waals surface area contributed by atoms with Crippen LogP contribution in [-0.2, 0) is 17.7 Å². The molecule has 1 heterocycles. The molecule has 0 saturated heterocycles. The molecule has 0 aliphatic heterocycles. The van der Waals surface area contributed by atoms with Crippen LogP contribution in [-0.4, -0.2) is 39.8 Å². The fraction of sp³-hybridized carbons (Fsp3) is 0.400. The smallest absolute Gasteiger partial charge is 0.338 e. The number of carbonyl (C=O) groups is 2. The van der Waals surface area contributed by atoms with Crippen molar-refractivity contribution < 1.29 is 14.3 Å². The highest BCUT2D eigenvalue weighted by Gasteiger charge is 2.19. The monoisotopic (exact) mass is 585 g/mol. The molecule has 1 aromatic heterocycles. The predicted molar refractivity (Wildman–Crippen MR) is 175 cm³/mol. The van der Waals surface area contributed by atoms with Crippen molar-refractivity contribution in [2.45, 2.75) is 72.9 Å². The van der Waals surface area contributed by atoms with Crippen molar-refractivity contribution in [2.75, 3.05) is 12.4 Å². The Kier molecular flexibility index (Phi) is 10.9. The molecule has 0 spiro atoms. The molecule has 6 nitrogen and oxygen atoms in total. The summed E-state index contributed by atoms with van der Waals surface area (Å²) in [6.07, 6.45) is 3.48. The lowest BCUT2D eigenvalue weighted by Crippen LogP contribution is -2.37. The van der Waals surface area contributed by atoms with Gasteiger partial charge in [0.25, 0.3) is 5.91 Å². The van der Waals surface area contributed by atoms with Crippen LogP contribution in [0.1, 0.15) is 84.6 Å². The van der Waals surface area contributed by atoms with E-state index >= 15 is 0 Å². The Morgan fingerprint density at radius 1 is 1.02 bits per heavy atom. The largest absolute Gasteiger partial charge is 0.462 e. The minimum atomic E-state index is -0.300. The summed E-state index contributed by atoms with van der Waals surface area (Å²) in [5, 5.41) is 3.17. The molecule has 42 heavy (non-hydrogen) atoms. The average molecular weight is 586 g/mol. The lowest BCUT2D eigenvalue weighted by Gasteiger charge is -2.19. The summed E-state index contributed by atoms with van der Waals surface area (Å²) in [4.78, 5) is 31.0. The van der Waals surface area contributed by atoms with Crippen molar-refractivity contribution in [3.8, 4) is 11.1 Å². The molecule has 1 N–H and O–H groups in total. The number of amides is 1. The van der Waals surface area contributed by atoms with Crippen molar-refractivity contribution in [2.24, 2.45) is 5.92 Å². The Hall–Kier alpha value is -3.58. The van der Waals surface area contributed by atoms with Gasteiger partial charge in [0.05, 0.1) is 23.2 Å². The van der Waals surface area contributed by atoms with Crippen LogP contribution in [0.15, 0.2) is 60.7 Å². The first kappa shape index (κ1) is 31.4. The number of rotatable bonds is 13. The van der Waals surface area contributed by atoms with Crippen LogP contribution in [0, 0.1) is 12.8 Å². The molecular formula is C35H43N3O3S. The van der Waals surface area contributed by atoms with E-state index in [2.05, 4.69) is 67.5 Å². The van der Waals surface area contributed by atoms with Gasteiger partial charge in [-0.05, 0) is 72.6 Å². The predicted octanol–water partition coefficient (Wildman–Crippen LogP) is 7.65. The highest BCUT2D eigenvalue weighted by atomic mass is 32.1. The number of hydrogen-bond acceptors (Lipinski definition) is 5. The second kappa shape index (κ2) is 14.5. The quantitative estimate of drug-likeness (QED) is 0.125. The molecule has 0 bridgehead atoms. The van der Waals surface area contributed by atoms with Gasteiger partial charge in [0.1, 0.15) is 5.82 Å². The number of nitrogens with zero attached hydrogens (tertiary/aromatic N) is 2.